The molecule has 3 rings (SSSR count). The highest BCUT2D eigenvalue weighted by Crippen LogP contribution is 2.26. The van der Waals surface area contributed by atoms with Crippen LogP contribution in [-0.4, -0.2) is 47.3 Å². The molecular weight excluding hydrogens is 388 g/mol. The number of carbonyl (C=O) groups excluding carboxylic acids is 1. The smallest absolute Gasteiger partial charge is 0.229 e. The molecule has 0 bridgehead atoms. The van der Waals surface area contributed by atoms with Crippen LogP contribution in [0.3, 0.4) is 0 Å². The molecule has 0 spiro atoms. The van der Waals surface area contributed by atoms with E-state index in [4.69, 9.17) is 0 Å². The van der Waals surface area contributed by atoms with Crippen LogP contribution in [-0.2, 0) is 14.8 Å². The summed E-state index contributed by atoms with van der Waals surface area (Å²) >= 11 is 0. The van der Waals surface area contributed by atoms with Crippen molar-refractivity contribution in [2.24, 2.45) is 5.92 Å². The van der Waals surface area contributed by atoms with Crippen LogP contribution in [0.4, 0.5) is 5.82 Å². The predicted octanol–water partition coefficient (Wildman–Crippen LogP) is 3.52. The Kier molecular flexibility index (Phi) is 6.74. The molecule has 29 heavy (non-hydrogen) atoms. The largest absolute Gasteiger partial charge is 0.311 e. The van der Waals surface area contributed by atoms with E-state index in [0.717, 1.165) is 11.3 Å². The maximum atomic E-state index is 12.9. The number of hydrogen-bond donors (Lipinski definition) is 1. The molecule has 8 heteroatoms. The van der Waals surface area contributed by atoms with E-state index in [1.54, 1.807) is 4.68 Å². The van der Waals surface area contributed by atoms with Crippen molar-refractivity contribution in [3.05, 3.63) is 36.4 Å². The number of aromatic nitrogens is 2. The van der Waals surface area contributed by atoms with E-state index in [1.165, 1.54) is 4.31 Å². The minimum atomic E-state index is -3.29. The molecule has 1 fully saturated rings. The average Bonchev–Trinajstić information content (AvgIpc) is 3.13. The number of piperidine rings is 1. The zero-order chi connectivity index (χ0) is 21.0. The molecule has 1 unspecified atom stereocenters. The number of sulfonamides is 1. The van der Waals surface area contributed by atoms with Crippen LogP contribution in [0.2, 0.25) is 0 Å². The Labute approximate surface area is 173 Å². The molecule has 2 aromatic rings. The van der Waals surface area contributed by atoms with E-state index in [1.807, 2.05) is 57.2 Å². The highest BCUT2D eigenvalue weighted by molar-refractivity contribution is 7.89. The fourth-order valence-corrected chi connectivity index (χ4v) is 5.24. The number of benzene rings is 1. The van der Waals surface area contributed by atoms with Gasteiger partial charge >= 0.3 is 0 Å². The third kappa shape index (κ3) is 5.05. The summed E-state index contributed by atoms with van der Waals surface area (Å²) in [5.74, 6) is 0.258. The lowest BCUT2D eigenvalue weighted by atomic mass is 9.99. The third-order valence-electron chi connectivity index (χ3n) is 5.16. The summed E-state index contributed by atoms with van der Waals surface area (Å²) in [5, 5.41) is 7.65. The molecular formula is C21H30N4O3S. The van der Waals surface area contributed by atoms with E-state index in [0.29, 0.717) is 31.6 Å². The van der Waals surface area contributed by atoms with Crippen molar-refractivity contribution in [3.63, 3.8) is 0 Å². The van der Waals surface area contributed by atoms with E-state index in [2.05, 4.69) is 10.4 Å². The van der Waals surface area contributed by atoms with Crippen molar-refractivity contribution in [2.45, 2.75) is 46.1 Å². The van der Waals surface area contributed by atoms with Gasteiger partial charge in [-0.2, -0.15) is 5.10 Å². The van der Waals surface area contributed by atoms with Crippen molar-refractivity contribution >= 4 is 21.7 Å². The number of nitrogens with zero attached hydrogens (tertiary/aromatic N) is 3. The van der Waals surface area contributed by atoms with Crippen LogP contribution in [0.5, 0.6) is 0 Å². The van der Waals surface area contributed by atoms with Crippen LogP contribution < -0.4 is 5.32 Å². The second kappa shape index (κ2) is 9.09. The molecule has 0 aliphatic carbocycles. The molecule has 1 N–H and O–H groups in total. The van der Waals surface area contributed by atoms with E-state index >= 15 is 0 Å². The Hall–Kier alpha value is -2.19. The Balaban J connectivity index is 1.77. The Morgan fingerprint density at radius 3 is 2.66 bits per heavy atom. The second-order valence-electron chi connectivity index (χ2n) is 7.82. The second-order valence-corrected chi connectivity index (χ2v) is 9.91. The number of hydrogen-bond acceptors (Lipinski definition) is 4. The summed E-state index contributed by atoms with van der Waals surface area (Å²) < 4.78 is 28.1. The molecule has 1 amide bonds. The zero-order valence-corrected chi connectivity index (χ0v) is 18.2. The summed E-state index contributed by atoms with van der Waals surface area (Å²) in [7, 11) is -3.29. The summed E-state index contributed by atoms with van der Waals surface area (Å²) in [4.78, 5) is 12.9. The van der Waals surface area contributed by atoms with Crippen molar-refractivity contribution in [3.8, 4) is 11.3 Å². The first kappa shape index (κ1) is 21.5. The number of nitrogens with one attached hydrogen (secondary N) is 1. The van der Waals surface area contributed by atoms with Gasteiger partial charge in [0.1, 0.15) is 5.82 Å². The Morgan fingerprint density at radius 1 is 1.28 bits per heavy atom. The van der Waals surface area contributed by atoms with Gasteiger partial charge in [0.05, 0.1) is 17.4 Å². The molecule has 0 radical (unpaired) electrons. The monoisotopic (exact) mass is 418 g/mol. The molecule has 158 valence electrons. The number of carbonyl (C=O) groups is 1. The van der Waals surface area contributed by atoms with Gasteiger partial charge in [-0.3, -0.25) is 4.79 Å². The normalized spacial score (nSPS) is 18.1. The van der Waals surface area contributed by atoms with E-state index < -0.39 is 10.0 Å². The van der Waals surface area contributed by atoms with E-state index in [9.17, 15) is 13.2 Å². The van der Waals surface area contributed by atoms with Crippen LogP contribution in [0.15, 0.2) is 36.4 Å². The van der Waals surface area contributed by atoms with Crippen LogP contribution in [0, 0.1) is 5.92 Å². The molecule has 1 aliphatic heterocycles. The number of rotatable bonds is 7. The van der Waals surface area contributed by atoms with Gasteiger partial charge in [-0.05, 0) is 33.1 Å². The summed E-state index contributed by atoms with van der Waals surface area (Å²) in [6.45, 7) is 6.61. The van der Waals surface area contributed by atoms with Gasteiger partial charge in [0.15, 0.2) is 0 Å². The SMILES string of the molecule is CCCS(=O)(=O)N1CCCC(C(=O)Nc2cc(-c3ccccc3)nn2C(C)C)C1. The summed E-state index contributed by atoms with van der Waals surface area (Å²) in [6.07, 6.45) is 1.95. The third-order valence-corrected chi connectivity index (χ3v) is 7.20. The first-order valence-electron chi connectivity index (χ1n) is 10.3. The minimum absolute atomic E-state index is 0.0792. The van der Waals surface area contributed by atoms with Crippen LogP contribution in [0.25, 0.3) is 11.3 Å². The lowest BCUT2D eigenvalue weighted by Crippen LogP contribution is -2.44. The maximum Gasteiger partial charge on any atom is 0.229 e. The average molecular weight is 419 g/mol. The topological polar surface area (TPSA) is 84.3 Å². The quantitative estimate of drug-likeness (QED) is 0.746. The van der Waals surface area contributed by atoms with Gasteiger partial charge in [0.25, 0.3) is 0 Å². The molecule has 1 saturated heterocycles. The fraction of sp³-hybridized carbons (Fsp3) is 0.524. The molecule has 7 nitrogen and oxygen atoms in total. The van der Waals surface area contributed by atoms with E-state index in [-0.39, 0.29) is 30.2 Å². The van der Waals surface area contributed by atoms with Gasteiger partial charge < -0.3 is 5.32 Å². The van der Waals surface area contributed by atoms with Crippen molar-refractivity contribution in [1.82, 2.24) is 14.1 Å². The lowest BCUT2D eigenvalue weighted by Gasteiger charge is -2.31. The van der Waals surface area contributed by atoms with Gasteiger partial charge in [-0.25, -0.2) is 17.4 Å². The predicted molar refractivity (Wildman–Crippen MR) is 115 cm³/mol. The first-order chi connectivity index (χ1) is 13.8. The molecule has 1 aromatic heterocycles. The maximum absolute atomic E-state index is 12.9. The number of amides is 1. The zero-order valence-electron chi connectivity index (χ0n) is 17.3. The minimum Gasteiger partial charge on any atom is -0.311 e. The van der Waals surface area contributed by atoms with Crippen molar-refractivity contribution in [2.75, 3.05) is 24.2 Å². The fourth-order valence-electron chi connectivity index (χ4n) is 3.66. The van der Waals surface area contributed by atoms with Gasteiger partial charge in [-0.15, -0.1) is 0 Å². The molecule has 0 saturated carbocycles. The molecule has 1 atom stereocenters. The van der Waals surface area contributed by atoms with Crippen LogP contribution in [0.1, 0.15) is 46.1 Å². The first-order valence-corrected chi connectivity index (χ1v) is 11.9. The molecule has 1 aliphatic rings. The Morgan fingerprint density at radius 2 is 2.00 bits per heavy atom. The van der Waals surface area contributed by atoms with Gasteiger partial charge in [-0.1, -0.05) is 37.3 Å². The highest BCUT2D eigenvalue weighted by atomic mass is 32.2. The van der Waals surface area contributed by atoms with Gasteiger partial charge in [0, 0.05) is 30.8 Å². The van der Waals surface area contributed by atoms with Crippen LogP contribution >= 0.6 is 0 Å². The Bertz CT molecular complexity index is 938. The molecule has 1 aromatic carbocycles. The van der Waals surface area contributed by atoms with Gasteiger partial charge in [0.2, 0.25) is 15.9 Å². The summed E-state index contributed by atoms with van der Waals surface area (Å²) in [5.41, 5.74) is 1.78. The standard InChI is InChI=1S/C21H30N4O3S/c1-4-13-29(27,28)24-12-8-11-18(15-24)21(26)22-20-14-19(23-25(20)16(2)3)17-9-6-5-7-10-17/h5-7,9-10,14,16,18H,4,8,11-13,15H2,1-3H3,(H,22,26). The summed E-state index contributed by atoms with van der Waals surface area (Å²) in [6, 6.07) is 11.8. The number of anilines is 1. The molecule has 2 heterocycles. The van der Waals surface area contributed by atoms with Crippen molar-refractivity contribution < 1.29 is 13.2 Å². The highest BCUT2D eigenvalue weighted by Gasteiger charge is 2.32. The van der Waals surface area contributed by atoms with Crippen molar-refractivity contribution in [1.29, 1.82) is 0 Å². The lowest BCUT2D eigenvalue weighted by molar-refractivity contribution is -0.120.